The number of carbonyl (C=O) groups excluding carboxylic acids is 1. The number of likely N-dealkylation sites (tertiary alicyclic amines) is 1. The number of carbonyl (C=O) groups is 2. The van der Waals surface area contributed by atoms with Gasteiger partial charge in [-0.25, -0.2) is 0 Å². The Morgan fingerprint density at radius 3 is 2.50 bits per heavy atom. The van der Waals surface area contributed by atoms with Gasteiger partial charge in [0, 0.05) is 13.1 Å². The number of amides is 1. The fraction of sp³-hybridized carbons (Fsp3) is 0.429. The van der Waals surface area contributed by atoms with Crippen LogP contribution in [-0.2, 0) is 9.59 Å². The normalized spacial score (nSPS) is 17.9. The van der Waals surface area contributed by atoms with Crippen molar-refractivity contribution in [2.75, 3.05) is 26.8 Å². The summed E-state index contributed by atoms with van der Waals surface area (Å²) in [4.78, 5) is 24.3. The standard InChI is InChI=1S/C14H17NO5/c1-19-11-2-4-12(5-3-11)20-9-13(16)15-7-6-10(8-15)14(17)18/h2-5,10H,6-9H2,1H3,(H,17,18). The Morgan fingerprint density at radius 1 is 1.30 bits per heavy atom. The summed E-state index contributed by atoms with van der Waals surface area (Å²) < 4.78 is 10.4. The number of ether oxygens (including phenoxy) is 2. The molecule has 6 nitrogen and oxygen atoms in total. The molecule has 1 aromatic rings. The van der Waals surface area contributed by atoms with Crippen molar-refractivity contribution < 1.29 is 24.2 Å². The van der Waals surface area contributed by atoms with Gasteiger partial charge in [-0.05, 0) is 30.7 Å². The molecule has 1 heterocycles. The lowest BCUT2D eigenvalue weighted by Gasteiger charge is -2.16. The van der Waals surface area contributed by atoms with E-state index in [1.165, 1.54) is 4.90 Å². The summed E-state index contributed by atoms with van der Waals surface area (Å²) in [6.07, 6.45) is 0.504. The van der Waals surface area contributed by atoms with Gasteiger partial charge in [0.05, 0.1) is 13.0 Å². The molecule has 0 aromatic heterocycles. The van der Waals surface area contributed by atoms with Crippen molar-refractivity contribution in [2.45, 2.75) is 6.42 Å². The van der Waals surface area contributed by atoms with Gasteiger partial charge in [-0.1, -0.05) is 0 Å². The van der Waals surface area contributed by atoms with E-state index in [0.29, 0.717) is 24.5 Å². The van der Waals surface area contributed by atoms with Gasteiger partial charge in [0.15, 0.2) is 6.61 Å². The second-order valence-electron chi connectivity index (χ2n) is 4.63. The number of hydrogen-bond acceptors (Lipinski definition) is 4. The minimum Gasteiger partial charge on any atom is -0.497 e. The highest BCUT2D eigenvalue weighted by molar-refractivity contribution is 5.80. The van der Waals surface area contributed by atoms with Crippen LogP contribution in [0.25, 0.3) is 0 Å². The molecule has 0 bridgehead atoms. The Hall–Kier alpha value is -2.24. The molecule has 0 aliphatic carbocycles. The summed E-state index contributed by atoms with van der Waals surface area (Å²) in [6, 6.07) is 6.93. The maximum Gasteiger partial charge on any atom is 0.308 e. The number of carboxylic acid groups (broad SMARTS) is 1. The Bertz CT molecular complexity index is 485. The molecule has 1 aliphatic heterocycles. The zero-order valence-corrected chi connectivity index (χ0v) is 11.2. The Morgan fingerprint density at radius 2 is 1.95 bits per heavy atom. The Kier molecular flexibility index (Phi) is 4.45. The van der Waals surface area contributed by atoms with Gasteiger partial charge in [0.1, 0.15) is 11.5 Å². The fourth-order valence-electron chi connectivity index (χ4n) is 2.10. The minimum absolute atomic E-state index is 0.0847. The third kappa shape index (κ3) is 3.40. The van der Waals surface area contributed by atoms with Gasteiger partial charge in [-0.15, -0.1) is 0 Å². The zero-order valence-electron chi connectivity index (χ0n) is 11.2. The summed E-state index contributed by atoms with van der Waals surface area (Å²) in [5, 5.41) is 8.89. The van der Waals surface area contributed by atoms with Gasteiger partial charge in [0.25, 0.3) is 5.91 Å². The lowest BCUT2D eigenvalue weighted by molar-refractivity contribution is -0.141. The summed E-state index contributed by atoms with van der Waals surface area (Å²) in [7, 11) is 1.58. The zero-order chi connectivity index (χ0) is 14.5. The number of nitrogens with zero attached hydrogens (tertiary/aromatic N) is 1. The first kappa shape index (κ1) is 14.2. The summed E-state index contributed by atoms with van der Waals surface area (Å²) in [6.45, 7) is 0.653. The van der Waals surface area contributed by atoms with E-state index >= 15 is 0 Å². The number of benzene rings is 1. The molecular formula is C14H17NO5. The molecule has 1 saturated heterocycles. The highest BCUT2D eigenvalue weighted by atomic mass is 16.5. The van der Waals surface area contributed by atoms with Crippen LogP contribution < -0.4 is 9.47 Å². The summed E-state index contributed by atoms with van der Waals surface area (Å²) >= 11 is 0. The lowest BCUT2D eigenvalue weighted by Crippen LogP contribution is -2.33. The first-order chi connectivity index (χ1) is 9.60. The maximum atomic E-state index is 11.9. The minimum atomic E-state index is -0.851. The van der Waals surface area contributed by atoms with Crippen molar-refractivity contribution >= 4 is 11.9 Å². The van der Waals surface area contributed by atoms with E-state index in [-0.39, 0.29) is 19.1 Å². The van der Waals surface area contributed by atoms with E-state index in [1.54, 1.807) is 31.4 Å². The van der Waals surface area contributed by atoms with Crippen molar-refractivity contribution in [3.63, 3.8) is 0 Å². The molecule has 108 valence electrons. The highest BCUT2D eigenvalue weighted by Crippen LogP contribution is 2.19. The second-order valence-corrected chi connectivity index (χ2v) is 4.63. The molecule has 1 fully saturated rings. The van der Waals surface area contributed by atoms with Crippen molar-refractivity contribution in [2.24, 2.45) is 5.92 Å². The van der Waals surface area contributed by atoms with Crippen LogP contribution in [0.1, 0.15) is 6.42 Å². The van der Waals surface area contributed by atoms with Gasteiger partial charge in [0.2, 0.25) is 0 Å². The SMILES string of the molecule is COc1ccc(OCC(=O)N2CCC(C(=O)O)C2)cc1. The van der Waals surface area contributed by atoms with Crippen LogP contribution in [0.3, 0.4) is 0 Å². The molecule has 1 atom stereocenters. The molecule has 0 spiro atoms. The monoisotopic (exact) mass is 279 g/mol. The molecule has 1 amide bonds. The predicted molar refractivity (Wildman–Crippen MR) is 70.8 cm³/mol. The number of hydrogen-bond donors (Lipinski definition) is 1. The number of aliphatic carboxylic acids is 1. The van der Waals surface area contributed by atoms with Crippen molar-refractivity contribution in [1.82, 2.24) is 4.90 Å². The third-order valence-corrected chi connectivity index (χ3v) is 3.31. The van der Waals surface area contributed by atoms with Crippen LogP contribution in [0.15, 0.2) is 24.3 Å². The molecular weight excluding hydrogens is 262 g/mol. The molecule has 0 radical (unpaired) electrons. The number of rotatable bonds is 5. The molecule has 6 heteroatoms. The quantitative estimate of drug-likeness (QED) is 0.870. The molecule has 0 saturated carbocycles. The first-order valence-electron chi connectivity index (χ1n) is 6.37. The van der Waals surface area contributed by atoms with Gasteiger partial charge >= 0.3 is 5.97 Å². The molecule has 20 heavy (non-hydrogen) atoms. The van der Waals surface area contributed by atoms with Gasteiger partial charge in [-0.2, -0.15) is 0 Å². The van der Waals surface area contributed by atoms with E-state index in [9.17, 15) is 9.59 Å². The summed E-state index contributed by atoms with van der Waals surface area (Å²) in [5.74, 6) is -0.207. The van der Waals surface area contributed by atoms with Crippen molar-refractivity contribution in [3.8, 4) is 11.5 Å². The molecule has 1 unspecified atom stereocenters. The Labute approximate surface area is 116 Å². The van der Waals surface area contributed by atoms with Crippen molar-refractivity contribution in [1.29, 1.82) is 0 Å². The molecule has 1 aromatic carbocycles. The Balaban J connectivity index is 1.81. The fourth-order valence-corrected chi connectivity index (χ4v) is 2.10. The lowest BCUT2D eigenvalue weighted by atomic mass is 10.1. The van der Waals surface area contributed by atoms with Crippen LogP contribution in [0.5, 0.6) is 11.5 Å². The van der Waals surface area contributed by atoms with Gasteiger partial charge in [-0.3, -0.25) is 9.59 Å². The van der Waals surface area contributed by atoms with Crippen LogP contribution >= 0.6 is 0 Å². The topological polar surface area (TPSA) is 76.1 Å². The predicted octanol–water partition coefficient (Wildman–Crippen LogP) is 1.01. The highest BCUT2D eigenvalue weighted by Gasteiger charge is 2.30. The molecule has 2 rings (SSSR count). The van der Waals surface area contributed by atoms with Gasteiger partial charge < -0.3 is 19.5 Å². The second kappa shape index (κ2) is 6.27. The first-order valence-corrected chi connectivity index (χ1v) is 6.37. The van der Waals surface area contributed by atoms with Crippen LogP contribution in [0.2, 0.25) is 0 Å². The average Bonchev–Trinajstić information content (AvgIpc) is 2.95. The maximum absolute atomic E-state index is 11.9. The number of methoxy groups -OCH3 is 1. The smallest absolute Gasteiger partial charge is 0.308 e. The largest absolute Gasteiger partial charge is 0.497 e. The molecule has 1 aliphatic rings. The molecule has 1 N–H and O–H groups in total. The third-order valence-electron chi connectivity index (χ3n) is 3.31. The van der Waals surface area contributed by atoms with E-state index in [4.69, 9.17) is 14.6 Å². The van der Waals surface area contributed by atoms with Crippen LogP contribution in [0.4, 0.5) is 0 Å². The van der Waals surface area contributed by atoms with Crippen LogP contribution in [-0.4, -0.2) is 48.7 Å². The van der Waals surface area contributed by atoms with E-state index in [0.717, 1.165) is 0 Å². The van der Waals surface area contributed by atoms with Crippen LogP contribution in [0, 0.1) is 5.92 Å². The van der Waals surface area contributed by atoms with E-state index in [1.807, 2.05) is 0 Å². The summed E-state index contributed by atoms with van der Waals surface area (Å²) in [5.41, 5.74) is 0. The van der Waals surface area contributed by atoms with E-state index < -0.39 is 11.9 Å². The number of carboxylic acids is 1. The van der Waals surface area contributed by atoms with Crippen molar-refractivity contribution in [3.05, 3.63) is 24.3 Å². The average molecular weight is 279 g/mol. The van der Waals surface area contributed by atoms with E-state index in [2.05, 4.69) is 0 Å².